The average molecular weight is 353 g/mol. The first kappa shape index (κ1) is 14.2. The second-order valence-electron chi connectivity index (χ2n) is 4.58. The fourth-order valence-electron chi connectivity index (χ4n) is 2.22. The van der Waals surface area contributed by atoms with Crippen LogP contribution in [-0.2, 0) is 0 Å². The molecule has 6 heteroatoms. The second kappa shape index (κ2) is 5.55. The van der Waals surface area contributed by atoms with Gasteiger partial charge < -0.3 is 4.42 Å². The lowest BCUT2D eigenvalue weighted by atomic mass is 10.0. The number of benzene rings is 2. The van der Waals surface area contributed by atoms with Gasteiger partial charge in [0.1, 0.15) is 17.6 Å². The molecule has 1 heterocycles. The van der Waals surface area contributed by atoms with Gasteiger partial charge in [-0.1, -0.05) is 18.2 Å². The average Bonchev–Trinajstić information content (AvgIpc) is 2.89. The van der Waals surface area contributed by atoms with Crippen LogP contribution in [0, 0.1) is 11.6 Å². The van der Waals surface area contributed by atoms with Crippen LogP contribution in [0.15, 0.2) is 51.4 Å². The molecule has 21 heavy (non-hydrogen) atoms. The maximum absolute atomic E-state index is 13.7. The summed E-state index contributed by atoms with van der Waals surface area (Å²) in [5.41, 5.74) is 3.30. The molecule has 2 aromatic carbocycles. The number of furan rings is 1. The molecule has 3 N–H and O–H groups in total. The fraction of sp³-hybridized carbons (Fsp3) is 0.0667. The summed E-state index contributed by atoms with van der Waals surface area (Å²) in [6.45, 7) is 0. The van der Waals surface area contributed by atoms with Crippen molar-refractivity contribution in [2.75, 3.05) is 0 Å². The summed E-state index contributed by atoms with van der Waals surface area (Å²) < 4.78 is 33.2. The number of nitrogens with two attached hydrogens (primary N) is 1. The van der Waals surface area contributed by atoms with Crippen molar-refractivity contribution in [3.8, 4) is 0 Å². The molecule has 0 amide bonds. The van der Waals surface area contributed by atoms with Crippen LogP contribution in [0.3, 0.4) is 0 Å². The van der Waals surface area contributed by atoms with Crippen molar-refractivity contribution in [1.82, 2.24) is 5.43 Å². The Morgan fingerprint density at radius 3 is 2.57 bits per heavy atom. The molecule has 0 saturated carbocycles. The van der Waals surface area contributed by atoms with Crippen molar-refractivity contribution in [1.29, 1.82) is 0 Å². The molecule has 1 unspecified atom stereocenters. The minimum Gasteiger partial charge on any atom is -0.456 e. The van der Waals surface area contributed by atoms with Gasteiger partial charge in [0.25, 0.3) is 0 Å². The summed E-state index contributed by atoms with van der Waals surface area (Å²) in [7, 11) is 0. The molecule has 0 aliphatic heterocycles. The highest BCUT2D eigenvalue weighted by atomic mass is 79.9. The number of nitrogens with one attached hydrogen (secondary N) is 1. The Kier molecular flexibility index (Phi) is 3.75. The Morgan fingerprint density at radius 1 is 1.10 bits per heavy atom. The SMILES string of the molecule is NNC(c1ccc(Br)c(F)c1)c1cc2cccc(F)c2o1. The minimum absolute atomic E-state index is 0.158. The quantitative estimate of drug-likeness (QED) is 0.552. The van der Waals surface area contributed by atoms with Gasteiger partial charge in [-0.15, -0.1) is 0 Å². The number of hydrazine groups is 1. The van der Waals surface area contributed by atoms with E-state index in [0.29, 0.717) is 21.2 Å². The summed E-state index contributed by atoms with van der Waals surface area (Å²) in [6.07, 6.45) is 0. The van der Waals surface area contributed by atoms with Gasteiger partial charge in [-0.2, -0.15) is 0 Å². The van der Waals surface area contributed by atoms with Gasteiger partial charge in [-0.3, -0.25) is 5.84 Å². The van der Waals surface area contributed by atoms with E-state index in [1.807, 2.05) is 0 Å². The lowest BCUT2D eigenvalue weighted by molar-refractivity contribution is 0.463. The molecule has 3 nitrogen and oxygen atoms in total. The van der Waals surface area contributed by atoms with Crippen molar-refractivity contribution in [3.63, 3.8) is 0 Å². The molecular formula is C15H11BrF2N2O. The van der Waals surface area contributed by atoms with E-state index in [0.717, 1.165) is 0 Å². The van der Waals surface area contributed by atoms with Crippen LogP contribution >= 0.6 is 15.9 Å². The van der Waals surface area contributed by atoms with Crippen LogP contribution in [0.2, 0.25) is 0 Å². The Balaban J connectivity index is 2.09. The number of hydrogen-bond donors (Lipinski definition) is 2. The summed E-state index contributed by atoms with van der Waals surface area (Å²) in [5, 5.41) is 0.628. The van der Waals surface area contributed by atoms with Gasteiger partial charge in [-0.05, 0) is 45.8 Å². The smallest absolute Gasteiger partial charge is 0.169 e. The zero-order valence-electron chi connectivity index (χ0n) is 10.7. The molecule has 108 valence electrons. The predicted octanol–water partition coefficient (Wildman–Crippen LogP) is 4.03. The molecule has 0 fully saturated rings. The van der Waals surface area contributed by atoms with Crippen LogP contribution < -0.4 is 11.3 Å². The maximum Gasteiger partial charge on any atom is 0.169 e. The normalized spacial score (nSPS) is 12.8. The molecule has 1 atom stereocenters. The third kappa shape index (κ3) is 2.57. The summed E-state index contributed by atoms with van der Waals surface area (Å²) in [6, 6.07) is 10.4. The number of hydrogen-bond acceptors (Lipinski definition) is 3. The van der Waals surface area contributed by atoms with Crippen molar-refractivity contribution in [3.05, 3.63) is 69.9 Å². The van der Waals surface area contributed by atoms with Crippen molar-refractivity contribution >= 4 is 26.9 Å². The zero-order valence-corrected chi connectivity index (χ0v) is 12.3. The lowest BCUT2D eigenvalue weighted by Gasteiger charge is -2.14. The molecule has 0 saturated heterocycles. The fourth-order valence-corrected chi connectivity index (χ4v) is 2.47. The van der Waals surface area contributed by atoms with Gasteiger partial charge in [0.15, 0.2) is 11.4 Å². The van der Waals surface area contributed by atoms with Gasteiger partial charge in [-0.25, -0.2) is 14.2 Å². The molecule has 0 aliphatic carbocycles. The first-order chi connectivity index (χ1) is 10.1. The van der Waals surface area contributed by atoms with Crippen molar-refractivity contribution < 1.29 is 13.2 Å². The number of rotatable bonds is 3. The summed E-state index contributed by atoms with van der Waals surface area (Å²) in [4.78, 5) is 0. The highest BCUT2D eigenvalue weighted by molar-refractivity contribution is 9.10. The van der Waals surface area contributed by atoms with E-state index >= 15 is 0 Å². The van der Waals surface area contributed by atoms with Crippen LogP contribution in [0.5, 0.6) is 0 Å². The van der Waals surface area contributed by atoms with E-state index in [1.54, 1.807) is 30.3 Å². The number of halogens is 3. The third-order valence-electron chi connectivity index (χ3n) is 3.24. The van der Waals surface area contributed by atoms with Crippen molar-refractivity contribution in [2.24, 2.45) is 5.84 Å². The van der Waals surface area contributed by atoms with E-state index in [1.165, 1.54) is 12.1 Å². The Morgan fingerprint density at radius 2 is 1.90 bits per heavy atom. The molecule has 1 aromatic heterocycles. The molecule has 0 spiro atoms. The largest absolute Gasteiger partial charge is 0.456 e. The van der Waals surface area contributed by atoms with Gasteiger partial charge in [0, 0.05) is 5.39 Å². The van der Waals surface area contributed by atoms with Gasteiger partial charge in [0.2, 0.25) is 0 Å². The van der Waals surface area contributed by atoms with Crippen molar-refractivity contribution in [2.45, 2.75) is 6.04 Å². The van der Waals surface area contributed by atoms with Gasteiger partial charge >= 0.3 is 0 Å². The highest BCUT2D eigenvalue weighted by Crippen LogP contribution is 2.30. The highest BCUT2D eigenvalue weighted by Gasteiger charge is 2.19. The minimum atomic E-state index is -0.570. The zero-order chi connectivity index (χ0) is 15.0. The monoisotopic (exact) mass is 352 g/mol. The van der Waals surface area contributed by atoms with E-state index in [2.05, 4.69) is 21.4 Å². The predicted molar refractivity (Wildman–Crippen MR) is 79.4 cm³/mol. The third-order valence-corrected chi connectivity index (χ3v) is 3.89. The van der Waals surface area contributed by atoms with Crippen LogP contribution in [0.25, 0.3) is 11.0 Å². The van der Waals surface area contributed by atoms with E-state index in [9.17, 15) is 8.78 Å². The Hall–Kier alpha value is -1.76. The first-order valence-electron chi connectivity index (χ1n) is 6.19. The number of fused-ring (bicyclic) bond motifs is 1. The molecular weight excluding hydrogens is 342 g/mol. The summed E-state index contributed by atoms with van der Waals surface area (Å²) >= 11 is 3.09. The molecule has 3 rings (SSSR count). The first-order valence-corrected chi connectivity index (χ1v) is 6.98. The van der Waals surface area contributed by atoms with Gasteiger partial charge in [0.05, 0.1) is 4.47 Å². The maximum atomic E-state index is 13.7. The molecule has 3 aromatic rings. The summed E-state index contributed by atoms with van der Waals surface area (Å²) in [5.74, 6) is 5.11. The molecule has 0 bridgehead atoms. The van der Waals surface area contributed by atoms with Crippen LogP contribution in [0.1, 0.15) is 17.4 Å². The second-order valence-corrected chi connectivity index (χ2v) is 5.43. The number of para-hydroxylation sites is 1. The van der Waals surface area contributed by atoms with E-state index < -0.39 is 17.7 Å². The lowest BCUT2D eigenvalue weighted by Crippen LogP contribution is -2.28. The Bertz CT molecular complexity index is 803. The Labute approximate surface area is 127 Å². The molecule has 0 radical (unpaired) electrons. The van der Waals surface area contributed by atoms with E-state index in [-0.39, 0.29) is 5.58 Å². The molecule has 0 aliphatic rings. The van der Waals surface area contributed by atoms with Crippen LogP contribution in [0.4, 0.5) is 8.78 Å². The van der Waals surface area contributed by atoms with Crippen LogP contribution in [-0.4, -0.2) is 0 Å². The van der Waals surface area contributed by atoms with E-state index in [4.69, 9.17) is 10.3 Å². The standard InChI is InChI=1S/C15H11BrF2N2O/c16-10-5-4-8(6-12(10)18)14(20-19)13-7-9-2-1-3-11(17)15(9)21-13/h1-7,14,20H,19H2. The topological polar surface area (TPSA) is 51.2 Å².